The first kappa shape index (κ1) is 15.5. The Morgan fingerprint density at radius 1 is 1.25 bits per heavy atom. The molecular formula is C17H16N4O3. The number of aromatic amines is 1. The Kier molecular flexibility index (Phi) is 4.15. The van der Waals surface area contributed by atoms with Gasteiger partial charge in [-0.05, 0) is 30.3 Å². The molecular weight excluding hydrogens is 308 g/mol. The van der Waals surface area contributed by atoms with Crippen molar-refractivity contribution in [3.63, 3.8) is 0 Å². The van der Waals surface area contributed by atoms with Crippen LogP contribution in [0.15, 0.2) is 42.5 Å². The Labute approximate surface area is 137 Å². The standard InChI is InChI=1S/C17H16N4O3/c1-24-12-4-2-3-11(8-12)19-17(23)10-5-6-13-14(7-10)21-16(20-13)9-15(18)22/h2-8H,9H2,1H3,(H2,18,22)(H,19,23)(H,20,21). The lowest BCUT2D eigenvalue weighted by Gasteiger charge is -2.07. The topological polar surface area (TPSA) is 110 Å². The van der Waals surface area contributed by atoms with Crippen LogP contribution >= 0.6 is 0 Å². The van der Waals surface area contributed by atoms with Crippen LogP contribution < -0.4 is 15.8 Å². The number of nitrogens with zero attached hydrogens (tertiary/aromatic N) is 1. The zero-order valence-electron chi connectivity index (χ0n) is 13.0. The molecule has 0 fully saturated rings. The number of methoxy groups -OCH3 is 1. The van der Waals surface area contributed by atoms with Gasteiger partial charge in [0, 0.05) is 17.3 Å². The van der Waals surface area contributed by atoms with Crippen molar-refractivity contribution in [2.75, 3.05) is 12.4 Å². The molecule has 122 valence electrons. The van der Waals surface area contributed by atoms with Gasteiger partial charge in [-0.1, -0.05) is 6.07 Å². The summed E-state index contributed by atoms with van der Waals surface area (Å²) in [6.45, 7) is 0. The van der Waals surface area contributed by atoms with Gasteiger partial charge in [0.25, 0.3) is 5.91 Å². The van der Waals surface area contributed by atoms with Crippen LogP contribution in [0.1, 0.15) is 16.2 Å². The van der Waals surface area contributed by atoms with Gasteiger partial charge < -0.3 is 20.8 Å². The van der Waals surface area contributed by atoms with Crippen molar-refractivity contribution in [1.29, 1.82) is 0 Å². The van der Waals surface area contributed by atoms with Crippen LogP contribution in [0.5, 0.6) is 5.75 Å². The van der Waals surface area contributed by atoms with Gasteiger partial charge in [0.2, 0.25) is 5.91 Å². The van der Waals surface area contributed by atoms with Crippen molar-refractivity contribution in [2.45, 2.75) is 6.42 Å². The number of ether oxygens (including phenoxy) is 1. The molecule has 0 aliphatic rings. The molecule has 4 N–H and O–H groups in total. The second-order valence-corrected chi connectivity index (χ2v) is 5.24. The maximum atomic E-state index is 12.4. The summed E-state index contributed by atoms with van der Waals surface area (Å²) >= 11 is 0. The van der Waals surface area contributed by atoms with Crippen LogP contribution in [0.2, 0.25) is 0 Å². The summed E-state index contributed by atoms with van der Waals surface area (Å²) < 4.78 is 5.13. The summed E-state index contributed by atoms with van der Waals surface area (Å²) in [6.07, 6.45) is 0.0278. The minimum absolute atomic E-state index is 0.0278. The van der Waals surface area contributed by atoms with Crippen molar-refractivity contribution < 1.29 is 14.3 Å². The number of anilines is 1. The van der Waals surface area contributed by atoms with Gasteiger partial charge in [-0.3, -0.25) is 9.59 Å². The number of carbonyl (C=O) groups is 2. The summed E-state index contributed by atoms with van der Waals surface area (Å²) in [5.74, 6) is 0.414. The highest BCUT2D eigenvalue weighted by Crippen LogP contribution is 2.19. The fourth-order valence-electron chi connectivity index (χ4n) is 2.36. The van der Waals surface area contributed by atoms with Gasteiger partial charge in [-0.2, -0.15) is 0 Å². The van der Waals surface area contributed by atoms with Gasteiger partial charge in [0.1, 0.15) is 11.6 Å². The lowest BCUT2D eigenvalue weighted by Crippen LogP contribution is -2.14. The summed E-state index contributed by atoms with van der Waals surface area (Å²) in [7, 11) is 1.57. The average molecular weight is 324 g/mol. The van der Waals surface area contributed by atoms with E-state index in [1.54, 1.807) is 49.6 Å². The maximum absolute atomic E-state index is 12.4. The number of nitrogens with two attached hydrogens (primary N) is 1. The normalized spacial score (nSPS) is 10.5. The molecule has 2 aromatic carbocycles. The number of fused-ring (bicyclic) bond motifs is 1. The predicted molar refractivity (Wildman–Crippen MR) is 89.9 cm³/mol. The highest BCUT2D eigenvalue weighted by Gasteiger charge is 2.11. The molecule has 0 radical (unpaired) electrons. The first-order valence-electron chi connectivity index (χ1n) is 7.27. The van der Waals surface area contributed by atoms with E-state index in [0.29, 0.717) is 33.9 Å². The molecule has 3 rings (SSSR count). The SMILES string of the molecule is COc1cccc(NC(=O)c2ccc3nc(CC(N)=O)[nH]c3c2)c1. The van der Waals surface area contributed by atoms with Crippen molar-refractivity contribution in [1.82, 2.24) is 9.97 Å². The second kappa shape index (κ2) is 6.41. The number of rotatable bonds is 5. The van der Waals surface area contributed by atoms with Gasteiger partial charge >= 0.3 is 0 Å². The number of amides is 2. The monoisotopic (exact) mass is 324 g/mol. The first-order chi connectivity index (χ1) is 11.5. The molecule has 0 saturated heterocycles. The molecule has 0 aliphatic carbocycles. The second-order valence-electron chi connectivity index (χ2n) is 5.24. The molecule has 7 nitrogen and oxygen atoms in total. The highest BCUT2D eigenvalue weighted by molar-refractivity contribution is 6.06. The number of carbonyl (C=O) groups excluding carboxylic acids is 2. The molecule has 0 unspecified atom stereocenters. The Bertz CT molecular complexity index is 917. The van der Waals surface area contributed by atoms with E-state index in [9.17, 15) is 9.59 Å². The Morgan fingerprint density at radius 2 is 2.08 bits per heavy atom. The predicted octanol–water partition coefficient (Wildman–Crippen LogP) is 1.85. The summed E-state index contributed by atoms with van der Waals surface area (Å²) in [6, 6.07) is 12.2. The van der Waals surface area contributed by atoms with Crippen LogP contribution in [0, 0.1) is 0 Å². The third-order valence-electron chi connectivity index (χ3n) is 3.46. The number of hydrogen-bond acceptors (Lipinski definition) is 4. The Hall–Kier alpha value is -3.35. The van der Waals surface area contributed by atoms with Crippen LogP contribution in [0.25, 0.3) is 11.0 Å². The summed E-state index contributed by atoms with van der Waals surface area (Å²) in [5.41, 5.74) is 7.61. The van der Waals surface area contributed by atoms with Crippen LogP contribution in [0.3, 0.4) is 0 Å². The van der Waals surface area contributed by atoms with E-state index in [4.69, 9.17) is 10.5 Å². The quantitative estimate of drug-likeness (QED) is 0.665. The third kappa shape index (κ3) is 3.35. The minimum Gasteiger partial charge on any atom is -0.497 e. The van der Waals surface area contributed by atoms with Gasteiger partial charge in [-0.15, -0.1) is 0 Å². The third-order valence-corrected chi connectivity index (χ3v) is 3.46. The van der Waals surface area contributed by atoms with Crippen molar-refractivity contribution in [3.8, 4) is 5.75 Å². The van der Waals surface area contributed by atoms with E-state index in [2.05, 4.69) is 15.3 Å². The van der Waals surface area contributed by atoms with Gasteiger partial charge in [-0.25, -0.2) is 4.98 Å². The zero-order valence-corrected chi connectivity index (χ0v) is 13.0. The van der Waals surface area contributed by atoms with Crippen LogP contribution in [0.4, 0.5) is 5.69 Å². The molecule has 3 aromatic rings. The number of nitrogens with one attached hydrogen (secondary N) is 2. The molecule has 0 atom stereocenters. The van der Waals surface area contributed by atoms with Crippen LogP contribution in [-0.4, -0.2) is 28.9 Å². The molecule has 0 spiro atoms. The van der Waals surface area contributed by atoms with Gasteiger partial charge in [0.05, 0.1) is 24.6 Å². The van der Waals surface area contributed by atoms with Crippen molar-refractivity contribution in [3.05, 3.63) is 53.9 Å². The first-order valence-corrected chi connectivity index (χ1v) is 7.27. The number of H-pyrrole nitrogens is 1. The lowest BCUT2D eigenvalue weighted by molar-refractivity contribution is -0.117. The molecule has 0 saturated carbocycles. The van der Waals surface area contributed by atoms with Crippen molar-refractivity contribution in [2.24, 2.45) is 5.73 Å². The van der Waals surface area contributed by atoms with E-state index in [0.717, 1.165) is 0 Å². The van der Waals surface area contributed by atoms with E-state index < -0.39 is 5.91 Å². The molecule has 0 bridgehead atoms. The smallest absolute Gasteiger partial charge is 0.255 e. The molecule has 24 heavy (non-hydrogen) atoms. The van der Waals surface area contributed by atoms with E-state index >= 15 is 0 Å². The average Bonchev–Trinajstić information content (AvgIpc) is 2.95. The van der Waals surface area contributed by atoms with Crippen molar-refractivity contribution >= 4 is 28.5 Å². The molecule has 7 heteroatoms. The number of benzene rings is 2. The molecule has 0 aliphatic heterocycles. The van der Waals surface area contributed by atoms with Crippen LogP contribution in [-0.2, 0) is 11.2 Å². The number of primary amides is 1. The van der Waals surface area contributed by atoms with Gasteiger partial charge in [0.15, 0.2) is 0 Å². The summed E-state index contributed by atoms with van der Waals surface area (Å²) in [4.78, 5) is 30.6. The number of aromatic nitrogens is 2. The fraction of sp³-hybridized carbons (Fsp3) is 0.118. The molecule has 1 aromatic heterocycles. The Morgan fingerprint density at radius 3 is 2.83 bits per heavy atom. The van der Waals surface area contributed by atoms with E-state index in [1.807, 2.05) is 0 Å². The lowest BCUT2D eigenvalue weighted by atomic mass is 10.2. The minimum atomic E-state index is -0.468. The number of imidazole rings is 1. The maximum Gasteiger partial charge on any atom is 0.255 e. The molecule has 2 amide bonds. The fourth-order valence-corrected chi connectivity index (χ4v) is 2.36. The number of hydrogen-bond donors (Lipinski definition) is 3. The Balaban J connectivity index is 1.82. The highest BCUT2D eigenvalue weighted by atomic mass is 16.5. The van der Waals surface area contributed by atoms with E-state index in [-0.39, 0.29) is 12.3 Å². The zero-order chi connectivity index (χ0) is 17.1. The largest absolute Gasteiger partial charge is 0.497 e. The molecule has 1 heterocycles. The van der Waals surface area contributed by atoms with E-state index in [1.165, 1.54) is 0 Å². The summed E-state index contributed by atoms with van der Waals surface area (Å²) in [5, 5.41) is 2.81.